The summed E-state index contributed by atoms with van der Waals surface area (Å²) in [5.41, 5.74) is -0.103. The first kappa shape index (κ1) is 13.4. The van der Waals surface area contributed by atoms with Crippen LogP contribution in [0.25, 0.3) is 0 Å². The number of rotatable bonds is 7. The fourth-order valence-corrected chi connectivity index (χ4v) is 1.17. The second-order valence-corrected chi connectivity index (χ2v) is 3.13. The van der Waals surface area contributed by atoms with Crippen molar-refractivity contribution in [1.82, 2.24) is 0 Å². The van der Waals surface area contributed by atoms with Gasteiger partial charge in [0.2, 0.25) is 0 Å². The van der Waals surface area contributed by atoms with E-state index in [-0.39, 0.29) is 37.7 Å². The Bertz CT molecular complexity index is 380. The van der Waals surface area contributed by atoms with Crippen molar-refractivity contribution in [2.45, 2.75) is 0 Å². The second kappa shape index (κ2) is 6.82. The molecule has 1 aromatic rings. The lowest BCUT2D eigenvalue weighted by molar-refractivity contribution is 0.0656. The van der Waals surface area contributed by atoms with Crippen molar-refractivity contribution in [3.63, 3.8) is 0 Å². The molecule has 0 aromatic heterocycles. The Morgan fingerprint density at radius 1 is 1.29 bits per heavy atom. The number of aromatic carboxylic acids is 1. The van der Waals surface area contributed by atoms with E-state index in [0.717, 1.165) is 18.2 Å². The summed E-state index contributed by atoms with van der Waals surface area (Å²) in [5, 5.41) is 17.3. The fraction of sp³-hybridized carbons (Fsp3) is 0.364. The zero-order valence-electron chi connectivity index (χ0n) is 9.06. The molecule has 0 heterocycles. The van der Waals surface area contributed by atoms with Crippen LogP contribution in [0.4, 0.5) is 4.39 Å². The molecular formula is C11H13FO5. The van der Waals surface area contributed by atoms with Crippen LogP contribution in [0.1, 0.15) is 10.4 Å². The van der Waals surface area contributed by atoms with Crippen LogP contribution in [0.5, 0.6) is 5.75 Å². The third-order valence-electron chi connectivity index (χ3n) is 1.89. The molecule has 0 aliphatic carbocycles. The van der Waals surface area contributed by atoms with Gasteiger partial charge < -0.3 is 19.7 Å². The van der Waals surface area contributed by atoms with Gasteiger partial charge in [-0.2, -0.15) is 0 Å². The highest BCUT2D eigenvalue weighted by Crippen LogP contribution is 2.19. The zero-order chi connectivity index (χ0) is 12.7. The normalized spacial score (nSPS) is 10.2. The van der Waals surface area contributed by atoms with Crippen LogP contribution < -0.4 is 4.74 Å². The number of benzene rings is 1. The smallest absolute Gasteiger partial charge is 0.339 e. The summed E-state index contributed by atoms with van der Waals surface area (Å²) in [7, 11) is 0. The molecule has 0 spiro atoms. The first-order chi connectivity index (χ1) is 8.15. The van der Waals surface area contributed by atoms with Crippen molar-refractivity contribution in [1.29, 1.82) is 0 Å². The van der Waals surface area contributed by atoms with Gasteiger partial charge in [-0.3, -0.25) is 0 Å². The summed E-state index contributed by atoms with van der Waals surface area (Å²) in [6, 6.07) is 3.20. The van der Waals surface area contributed by atoms with Crippen molar-refractivity contribution in [3.05, 3.63) is 29.6 Å². The Kier molecular flexibility index (Phi) is 5.38. The molecule has 0 bridgehead atoms. The number of aliphatic hydroxyl groups is 1. The Balaban J connectivity index is 2.56. The Hall–Kier alpha value is -1.66. The standard InChI is InChI=1S/C11H13FO5/c12-8-1-2-9(11(14)15)10(7-8)17-6-5-16-4-3-13/h1-2,7,13H,3-6H2,(H,14,15). The van der Waals surface area contributed by atoms with Gasteiger partial charge >= 0.3 is 5.97 Å². The van der Waals surface area contributed by atoms with E-state index >= 15 is 0 Å². The van der Waals surface area contributed by atoms with Crippen LogP contribution in [0.15, 0.2) is 18.2 Å². The molecule has 17 heavy (non-hydrogen) atoms. The molecule has 0 radical (unpaired) electrons. The highest BCUT2D eigenvalue weighted by atomic mass is 19.1. The number of halogens is 1. The fourth-order valence-electron chi connectivity index (χ4n) is 1.17. The maximum absolute atomic E-state index is 12.9. The molecule has 0 saturated heterocycles. The molecule has 0 aliphatic rings. The summed E-state index contributed by atoms with van der Waals surface area (Å²) in [4.78, 5) is 10.8. The number of carbonyl (C=O) groups is 1. The quantitative estimate of drug-likeness (QED) is 0.697. The summed E-state index contributed by atoms with van der Waals surface area (Å²) >= 11 is 0. The first-order valence-electron chi connectivity index (χ1n) is 4.99. The van der Waals surface area contributed by atoms with E-state index in [1.54, 1.807) is 0 Å². The largest absolute Gasteiger partial charge is 0.490 e. The second-order valence-electron chi connectivity index (χ2n) is 3.13. The van der Waals surface area contributed by atoms with Crippen LogP contribution in [-0.2, 0) is 4.74 Å². The van der Waals surface area contributed by atoms with E-state index in [0.29, 0.717) is 0 Å². The summed E-state index contributed by atoms with van der Waals surface area (Å²) in [5.74, 6) is -1.79. The Morgan fingerprint density at radius 3 is 2.71 bits per heavy atom. The molecule has 0 amide bonds. The average Bonchev–Trinajstić information content (AvgIpc) is 2.28. The molecule has 1 rings (SSSR count). The molecule has 2 N–H and O–H groups in total. The average molecular weight is 244 g/mol. The van der Waals surface area contributed by atoms with Crippen LogP contribution in [-0.4, -0.2) is 42.6 Å². The minimum Gasteiger partial charge on any atom is -0.490 e. The first-order valence-corrected chi connectivity index (χ1v) is 4.99. The van der Waals surface area contributed by atoms with Gasteiger partial charge in [-0.15, -0.1) is 0 Å². The van der Waals surface area contributed by atoms with Gasteiger partial charge in [-0.05, 0) is 12.1 Å². The van der Waals surface area contributed by atoms with Crippen LogP contribution >= 0.6 is 0 Å². The zero-order valence-corrected chi connectivity index (χ0v) is 9.06. The van der Waals surface area contributed by atoms with Gasteiger partial charge in [0, 0.05) is 6.07 Å². The van der Waals surface area contributed by atoms with E-state index in [9.17, 15) is 9.18 Å². The lowest BCUT2D eigenvalue weighted by Crippen LogP contribution is -2.11. The van der Waals surface area contributed by atoms with E-state index in [1.165, 1.54) is 0 Å². The van der Waals surface area contributed by atoms with Crippen LogP contribution in [0.2, 0.25) is 0 Å². The molecule has 1 aromatic carbocycles. The SMILES string of the molecule is O=C(O)c1ccc(F)cc1OCCOCCO. The third-order valence-corrected chi connectivity index (χ3v) is 1.89. The molecule has 0 aliphatic heterocycles. The van der Waals surface area contributed by atoms with Crippen molar-refractivity contribution >= 4 is 5.97 Å². The molecule has 0 saturated carbocycles. The van der Waals surface area contributed by atoms with Gasteiger partial charge in [-0.25, -0.2) is 9.18 Å². The minimum absolute atomic E-state index is 0.0369. The van der Waals surface area contributed by atoms with Crippen LogP contribution in [0, 0.1) is 5.82 Å². The van der Waals surface area contributed by atoms with E-state index in [2.05, 4.69) is 0 Å². The van der Waals surface area contributed by atoms with Gasteiger partial charge in [0.25, 0.3) is 0 Å². The molecule has 6 heteroatoms. The van der Waals surface area contributed by atoms with Gasteiger partial charge in [-0.1, -0.05) is 0 Å². The van der Waals surface area contributed by atoms with Crippen molar-refractivity contribution < 1.29 is 28.9 Å². The lowest BCUT2D eigenvalue weighted by Gasteiger charge is -2.09. The topological polar surface area (TPSA) is 76.0 Å². The molecule has 0 fully saturated rings. The van der Waals surface area contributed by atoms with Gasteiger partial charge in [0.15, 0.2) is 0 Å². The predicted octanol–water partition coefficient (Wildman–Crippen LogP) is 0.912. The summed E-state index contributed by atoms with van der Waals surface area (Å²) in [6.45, 7) is 0.360. The Morgan fingerprint density at radius 2 is 2.06 bits per heavy atom. The number of aliphatic hydroxyl groups excluding tert-OH is 1. The van der Waals surface area contributed by atoms with Gasteiger partial charge in [0.05, 0.1) is 19.8 Å². The van der Waals surface area contributed by atoms with E-state index in [1.807, 2.05) is 0 Å². The highest BCUT2D eigenvalue weighted by molar-refractivity contribution is 5.90. The van der Waals surface area contributed by atoms with Crippen molar-refractivity contribution in [2.24, 2.45) is 0 Å². The maximum Gasteiger partial charge on any atom is 0.339 e. The Labute approximate surface area is 97.4 Å². The number of hydrogen-bond donors (Lipinski definition) is 2. The van der Waals surface area contributed by atoms with Gasteiger partial charge in [0.1, 0.15) is 23.7 Å². The monoisotopic (exact) mass is 244 g/mol. The maximum atomic E-state index is 12.9. The molecule has 94 valence electrons. The van der Waals surface area contributed by atoms with Crippen molar-refractivity contribution in [3.8, 4) is 5.75 Å². The molecular weight excluding hydrogens is 231 g/mol. The van der Waals surface area contributed by atoms with Crippen molar-refractivity contribution in [2.75, 3.05) is 26.4 Å². The lowest BCUT2D eigenvalue weighted by atomic mass is 10.2. The van der Waals surface area contributed by atoms with Crippen LogP contribution in [0.3, 0.4) is 0 Å². The predicted molar refractivity (Wildman–Crippen MR) is 56.8 cm³/mol. The molecule has 0 unspecified atom stereocenters. The third kappa shape index (κ3) is 4.38. The highest BCUT2D eigenvalue weighted by Gasteiger charge is 2.11. The number of hydrogen-bond acceptors (Lipinski definition) is 4. The number of carboxylic acid groups (broad SMARTS) is 1. The summed E-state index contributed by atoms with van der Waals surface area (Å²) in [6.07, 6.45) is 0. The number of ether oxygens (including phenoxy) is 2. The van der Waals surface area contributed by atoms with E-state index in [4.69, 9.17) is 19.7 Å². The minimum atomic E-state index is -1.18. The van der Waals surface area contributed by atoms with E-state index < -0.39 is 11.8 Å². The number of carboxylic acids is 1. The molecule has 5 nitrogen and oxygen atoms in total. The summed E-state index contributed by atoms with van der Waals surface area (Å²) < 4.78 is 22.9. The molecule has 0 atom stereocenters.